The number of nitrogens with one attached hydrogen (secondary N) is 1. The Morgan fingerprint density at radius 3 is 2.35 bits per heavy atom. The van der Waals surface area contributed by atoms with Gasteiger partial charge in [-0.1, -0.05) is 20.8 Å². The van der Waals surface area contributed by atoms with Gasteiger partial charge in [-0.05, 0) is 44.6 Å². The maximum absolute atomic E-state index is 12.1. The number of nitrogens with two attached hydrogens (primary N) is 1. The molecule has 1 rings (SSSR count). The zero-order chi connectivity index (χ0) is 12.8. The van der Waals surface area contributed by atoms with Gasteiger partial charge in [-0.2, -0.15) is 0 Å². The van der Waals surface area contributed by atoms with E-state index in [1.165, 1.54) is 12.8 Å². The van der Waals surface area contributed by atoms with Gasteiger partial charge in [-0.15, -0.1) is 0 Å². The Balaban J connectivity index is 2.46. The lowest BCUT2D eigenvalue weighted by atomic mass is 9.81. The molecular weight excluding hydrogens is 212 g/mol. The molecule has 17 heavy (non-hydrogen) atoms. The van der Waals surface area contributed by atoms with E-state index in [4.69, 9.17) is 5.73 Å². The molecule has 0 aromatic carbocycles. The van der Waals surface area contributed by atoms with Gasteiger partial charge in [0, 0.05) is 12.0 Å². The van der Waals surface area contributed by atoms with Crippen LogP contribution in [0.1, 0.15) is 52.9 Å². The summed E-state index contributed by atoms with van der Waals surface area (Å²) in [7, 11) is 0. The third-order valence-corrected chi connectivity index (χ3v) is 3.82. The second kappa shape index (κ2) is 7.12. The van der Waals surface area contributed by atoms with Crippen molar-refractivity contribution in [2.24, 2.45) is 17.6 Å². The minimum Gasteiger partial charge on any atom is -0.328 e. The molecule has 0 aromatic heterocycles. The molecule has 1 saturated carbocycles. The fraction of sp³-hybridized carbons (Fsp3) is 0.929. The smallest absolute Gasteiger partial charge is 0.152 e. The fourth-order valence-corrected chi connectivity index (χ4v) is 2.71. The van der Waals surface area contributed by atoms with Crippen LogP contribution in [0.25, 0.3) is 0 Å². The predicted molar refractivity (Wildman–Crippen MR) is 71.9 cm³/mol. The summed E-state index contributed by atoms with van der Waals surface area (Å²) >= 11 is 0. The number of ketones is 1. The van der Waals surface area contributed by atoms with Gasteiger partial charge in [0.1, 0.15) is 0 Å². The summed E-state index contributed by atoms with van der Waals surface area (Å²) in [5.74, 6) is 1.17. The lowest BCUT2D eigenvalue weighted by Gasteiger charge is -2.29. The highest BCUT2D eigenvalue weighted by Gasteiger charge is 2.26. The minimum absolute atomic E-state index is 0.0549. The van der Waals surface area contributed by atoms with E-state index in [0.29, 0.717) is 17.7 Å². The van der Waals surface area contributed by atoms with Crippen LogP contribution in [-0.2, 0) is 4.79 Å². The maximum atomic E-state index is 12.1. The zero-order valence-corrected chi connectivity index (χ0v) is 11.5. The Morgan fingerprint density at radius 2 is 1.88 bits per heavy atom. The highest BCUT2D eigenvalue weighted by atomic mass is 16.1. The average molecular weight is 240 g/mol. The van der Waals surface area contributed by atoms with Crippen molar-refractivity contribution in [3.8, 4) is 0 Å². The zero-order valence-electron chi connectivity index (χ0n) is 11.5. The predicted octanol–water partition coefficient (Wildman–Crippen LogP) is 2.10. The normalized spacial score (nSPS) is 27.1. The molecule has 3 heteroatoms. The van der Waals surface area contributed by atoms with Gasteiger partial charge in [0.15, 0.2) is 5.78 Å². The largest absolute Gasteiger partial charge is 0.328 e. The van der Waals surface area contributed by atoms with Crippen LogP contribution in [-0.4, -0.2) is 24.4 Å². The van der Waals surface area contributed by atoms with Crippen LogP contribution in [0, 0.1) is 11.8 Å². The summed E-state index contributed by atoms with van der Waals surface area (Å²) in [6.07, 6.45) is 5.62. The molecule has 0 radical (unpaired) electrons. The summed E-state index contributed by atoms with van der Waals surface area (Å²) in [6, 6.07) is 0.448. The summed E-state index contributed by atoms with van der Waals surface area (Å²) in [6.45, 7) is 6.92. The van der Waals surface area contributed by atoms with E-state index >= 15 is 0 Å². The van der Waals surface area contributed by atoms with Crippen LogP contribution < -0.4 is 11.1 Å². The Kier molecular flexibility index (Phi) is 6.14. The molecule has 0 bridgehead atoms. The Morgan fingerprint density at radius 1 is 1.29 bits per heavy atom. The van der Waals surface area contributed by atoms with Crippen LogP contribution in [0.3, 0.4) is 0 Å². The lowest BCUT2D eigenvalue weighted by Crippen LogP contribution is -2.41. The molecule has 100 valence electrons. The van der Waals surface area contributed by atoms with Gasteiger partial charge in [0.05, 0.1) is 6.04 Å². The second-order valence-electron chi connectivity index (χ2n) is 5.68. The third kappa shape index (κ3) is 4.76. The molecule has 0 spiro atoms. The van der Waals surface area contributed by atoms with Crippen LogP contribution in [0.5, 0.6) is 0 Å². The molecule has 0 saturated heterocycles. The van der Waals surface area contributed by atoms with Crippen molar-refractivity contribution in [1.29, 1.82) is 0 Å². The second-order valence-corrected chi connectivity index (χ2v) is 5.68. The van der Waals surface area contributed by atoms with E-state index in [1.807, 2.05) is 13.8 Å². The first-order chi connectivity index (χ1) is 8.04. The highest BCUT2D eigenvalue weighted by molar-refractivity contribution is 5.85. The summed E-state index contributed by atoms with van der Waals surface area (Å²) in [4.78, 5) is 12.1. The van der Waals surface area contributed by atoms with Crippen molar-refractivity contribution < 1.29 is 4.79 Å². The van der Waals surface area contributed by atoms with Gasteiger partial charge in [0.25, 0.3) is 0 Å². The van der Waals surface area contributed by atoms with E-state index in [9.17, 15) is 4.79 Å². The first-order valence-electron chi connectivity index (χ1n) is 7.07. The topological polar surface area (TPSA) is 55.1 Å². The molecule has 0 aromatic rings. The molecule has 0 aliphatic heterocycles. The standard InChI is InChI=1S/C14H28N2O/c1-4-16-13(14(17)10(2)3)9-11-5-7-12(15)8-6-11/h10-13,16H,4-9,15H2,1-3H3. The van der Waals surface area contributed by atoms with Crippen LogP contribution >= 0.6 is 0 Å². The number of rotatable bonds is 6. The number of Topliss-reactive ketones (excluding diaryl/α,β-unsaturated/α-hetero) is 1. The molecule has 3 nitrogen and oxygen atoms in total. The summed E-state index contributed by atoms with van der Waals surface area (Å²) < 4.78 is 0. The van der Waals surface area contributed by atoms with Crippen molar-refractivity contribution in [3.05, 3.63) is 0 Å². The summed E-state index contributed by atoms with van der Waals surface area (Å²) in [5.41, 5.74) is 5.91. The van der Waals surface area contributed by atoms with Crippen LogP contribution in [0.15, 0.2) is 0 Å². The van der Waals surface area contributed by atoms with Gasteiger partial charge in [-0.25, -0.2) is 0 Å². The number of carbonyl (C=O) groups excluding carboxylic acids is 1. The highest BCUT2D eigenvalue weighted by Crippen LogP contribution is 2.27. The summed E-state index contributed by atoms with van der Waals surface area (Å²) in [5, 5.41) is 3.34. The Labute approximate surface area is 106 Å². The molecular formula is C14H28N2O. The maximum Gasteiger partial charge on any atom is 0.152 e. The minimum atomic E-state index is 0.0549. The number of hydrogen-bond acceptors (Lipinski definition) is 3. The van der Waals surface area contributed by atoms with Crippen LogP contribution in [0.4, 0.5) is 0 Å². The fourth-order valence-electron chi connectivity index (χ4n) is 2.71. The van der Waals surface area contributed by atoms with Gasteiger partial charge in [0.2, 0.25) is 0 Å². The van der Waals surface area contributed by atoms with E-state index in [-0.39, 0.29) is 12.0 Å². The van der Waals surface area contributed by atoms with E-state index in [2.05, 4.69) is 12.2 Å². The number of carbonyl (C=O) groups is 1. The Hall–Kier alpha value is -0.410. The van der Waals surface area contributed by atoms with Crippen molar-refractivity contribution in [3.63, 3.8) is 0 Å². The first kappa shape index (κ1) is 14.7. The first-order valence-corrected chi connectivity index (χ1v) is 7.07. The number of likely N-dealkylation sites (N-methyl/N-ethyl adjacent to an activating group) is 1. The van der Waals surface area contributed by atoms with Crippen LogP contribution in [0.2, 0.25) is 0 Å². The molecule has 1 unspecified atom stereocenters. The van der Waals surface area contributed by atoms with Crippen molar-refractivity contribution in [2.75, 3.05) is 6.54 Å². The van der Waals surface area contributed by atoms with Gasteiger partial charge in [-0.3, -0.25) is 4.79 Å². The van der Waals surface area contributed by atoms with Crippen molar-refractivity contribution in [1.82, 2.24) is 5.32 Å². The SMILES string of the molecule is CCNC(CC1CCC(N)CC1)C(=O)C(C)C. The molecule has 0 heterocycles. The molecule has 0 amide bonds. The number of hydrogen-bond donors (Lipinski definition) is 2. The molecule has 1 aliphatic rings. The Bertz CT molecular complexity index is 232. The molecule has 1 aliphatic carbocycles. The molecule has 1 atom stereocenters. The van der Waals surface area contributed by atoms with E-state index in [0.717, 1.165) is 25.8 Å². The molecule has 1 fully saturated rings. The van der Waals surface area contributed by atoms with Gasteiger partial charge < -0.3 is 11.1 Å². The quantitative estimate of drug-likeness (QED) is 0.747. The average Bonchev–Trinajstić information content (AvgIpc) is 2.30. The monoisotopic (exact) mass is 240 g/mol. The van der Waals surface area contributed by atoms with Crippen molar-refractivity contribution in [2.45, 2.75) is 65.0 Å². The molecule has 3 N–H and O–H groups in total. The van der Waals surface area contributed by atoms with Crippen molar-refractivity contribution >= 4 is 5.78 Å². The lowest BCUT2D eigenvalue weighted by molar-refractivity contribution is -0.124. The van der Waals surface area contributed by atoms with Gasteiger partial charge >= 0.3 is 0 Å². The van der Waals surface area contributed by atoms with E-state index in [1.54, 1.807) is 0 Å². The van der Waals surface area contributed by atoms with E-state index < -0.39 is 0 Å². The third-order valence-electron chi connectivity index (χ3n) is 3.82.